The maximum absolute atomic E-state index is 5.86. The minimum atomic E-state index is 0.562. The van der Waals surface area contributed by atoms with E-state index in [2.05, 4.69) is 4.98 Å². The second-order valence-electron chi connectivity index (χ2n) is 3.01. The van der Waals surface area contributed by atoms with E-state index in [0.29, 0.717) is 5.82 Å². The first-order valence-corrected chi connectivity index (χ1v) is 4.37. The zero-order chi connectivity index (χ0) is 9.42. The molecule has 1 aromatic carbocycles. The average Bonchev–Trinajstić information content (AvgIpc) is 2.02. The molecule has 13 heavy (non-hydrogen) atoms. The maximum Gasteiger partial charge on any atom is 0.131 e. The molecule has 0 radical (unpaired) electrons. The van der Waals surface area contributed by atoms with Crippen LogP contribution >= 0.6 is 11.6 Å². The van der Waals surface area contributed by atoms with Crippen molar-refractivity contribution in [1.29, 1.82) is 0 Å². The Morgan fingerprint density at radius 1 is 1.31 bits per heavy atom. The van der Waals surface area contributed by atoms with E-state index in [0.717, 1.165) is 21.5 Å². The smallest absolute Gasteiger partial charge is 0.131 e. The van der Waals surface area contributed by atoms with Crippen molar-refractivity contribution < 1.29 is 0 Å². The van der Waals surface area contributed by atoms with Gasteiger partial charge in [-0.2, -0.15) is 0 Å². The molecule has 2 aromatic rings. The van der Waals surface area contributed by atoms with Gasteiger partial charge in [0.15, 0.2) is 0 Å². The van der Waals surface area contributed by atoms with Crippen LogP contribution in [-0.2, 0) is 0 Å². The second kappa shape index (κ2) is 2.89. The molecule has 2 N–H and O–H groups in total. The van der Waals surface area contributed by atoms with Crippen molar-refractivity contribution >= 4 is 28.2 Å². The van der Waals surface area contributed by atoms with Crippen LogP contribution in [0.4, 0.5) is 5.82 Å². The third-order valence-electron chi connectivity index (χ3n) is 1.95. The lowest BCUT2D eigenvalue weighted by Crippen LogP contribution is -1.93. The first-order chi connectivity index (χ1) is 6.16. The third-order valence-corrected chi connectivity index (χ3v) is 2.19. The first-order valence-electron chi connectivity index (χ1n) is 3.99. The van der Waals surface area contributed by atoms with E-state index in [9.17, 15) is 0 Å². The van der Waals surface area contributed by atoms with Gasteiger partial charge in [-0.1, -0.05) is 11.6 Å². The summed E-state index contributed by atoms with van der Waals surface area (Å²) in [6.07, 6.45) is 0. The molecule has 0 fully saturated rings. The van der Waals surface area contributed by atoms with Gasteiger partial charge < -0.3 is 5.73 Å². The lowest BCUT2D eigenvalue weighted by Gasteiger charge is -2.02. The predicted octanol–water partition coefficient (Wildman–Crippen LogP) is 2.78. The Balaban J connectivity index is 2.86. The highest BCUT2D eigenvalue weighted by atomic mass is 35.5. The normalized spacial score (nSPS) is 10.6. The monoisotopic (exact) mass is 192 g/mol. The van der Waals surface area contributed by atoms with Crippen LogP contribution in [0.1, 0.15) is 5.69 Å². The Bertz CT molecular complexity index is 460. The standard InChI is InChI=1S/C10H9ClN2/c1-6-4-7-5-8(11)2-3-9(7)10(12)13-6/h2-5H,1H3,(H2,12,13). The van der Waals surface area contributed by atoms with E-state index in [4.69, 9.17) is 17.3 Å². The number of anilines is 1. The molecule has 66 valence electrons. The Kier molecular flexibility index (Phi) is 1.85. The molecule has 0 bridgehead atoms. The van der Waals surface area contributed by atoms with Gasteiger partial charge in [0.05, 0.1) is 0 Å². The number of nitrogens with two attached hydrogens (primary N) is 1. The van der Waals surface area contributed by atoms with E-state index in [1.54, 1.807) is 0 Å². The highest BCUT2D eigenvalue weighted by Gasteiger charge is 2.00. The molecule has 0 aliphatic heterocycles. The van der Waals surface area contributed by atoms with Crippen LogP contribution in [0.5, 0.6) is 0 Å². The number of fused-ring (bicyclic) bond motifs is 1. The number of pyridine rings is 1. The van der Waals surface area contributed by atoms with Gasteiger partial charge in [-0.25, -0.2) is 4.98 Å². The van der Waals surface area contributed by atoms with E-state index in [1.165, 1.54) is 0 Å². The fourth-order valence-corrected chi connectivity index (χ4v) is 1.57. The van der Waals surface area contributed by atoms with Gasteiger partial charge in [0, 0.05) is 16.1 Å². The van der Waals surface area contributed by atoms with Crippen molar-refractivity contribution in [1.82, 2.24) is 4.98 Å². The van der Waals surface area contributed by atoms with Crippen LogP contribution in [0, 0.1) is 6.92 Å². The average molecular weight is 193 g/mol. The summed E-state index contributed by atoms with van der Waals surface area (Å²) >= 11 is 5.86. The van der Waals surface area contributed by atoms with Crippen molar-refractivity contribution in [3.8, 4) is 0 Å². The van der Waals surface area contributed by atoms with Crippen LogP contribution in [0.15, 0.2) is 24.3 Å². The van der Waals surface area contributed by atoms with Gasteiger partial charge in [-0.15, -0.1) is 0 Å². The summed E-state index contributed by atoms with van der Waals surface area (Å²) in [7, 11) is 0. The third kappa shape index (κ3) is 1.45. The van der Waals surface area contributed by atoms with Crippen molar-refractivity contribution in [2.45, 2.75) is 6.92 Å². The lowest BCUT2D eigenvalue weighted by atomic mass is 10.1. The minimum Gasteiger partial charge on any atom is -0.383 e. The Morgan fingerprint density at radius 3 is 2.85 bits per heavy atom. The molecule has 3 heteroatoms. The SMILES string of the molecule is Cc1cc2cc(Cl)ccc2c(N)n1. The van der Waals surface area contributed by atoms with Gasteiger partial charge in [0.25, 0.3) is 0 Å². The van der Waals surface area contributed by atoms with Crippen molar-refractivity contribution in [3.05, 3.63) is 35.0 Å². The summed E-state index contributed by atoms with van der Waals surface area (Å²) in [5.41, 5.74) is 6.66. The summed E-state index contributed by atoms with van der Waals surface area (Å²) < 4.78 is 0. The molecule has 0 spiro atoms. The molecule has 0 saturated heterocycles. The van der Waals surface area contributed by atoms with Crippen LogP contribution in [0.3, 0.4) is 0 Å². The summed E-state index contributed by atoms with van der Waals surface area (Å²) in [6.45, 7) is 1.91. The van der Waals surface area contributed by atoms with Gasteiger partial charge in [-0.05, 0) is 36.6 Å². The maximum atomic E-state index is 5.86. The van der Waals surface area contributed by atoms with E-state index in [1.807, 2.05) is 31.2 Å². The van der Waals surface area contributed by atoms with Gasteiger partial charge in [0.1, 0.15) is 5.82 Å². The number of rotatable bonds is 0. The van der Waals surface area contributed by atoms with E-state index in [-0.39, 0.29) is 0 Å². The fourth-order valence-electron chi connectivity index (χ4n) is 1.39. The number of aromatic nitrogens is 1. The number of hydrogen-bond acceptors (Lipinski definition) is 2. The minimum absolute atomic E-state index is 0.562. The lowest BCUT2D eigenvalue weighted by molar-refractivity contribution is 1.23. The fraction of sp³-hybridized carbons (Fsp3) is 0.100. The largest absolute Gasteiger partial charge is 0.383 e. The Hall–Kier alpha value is -1.28. The summed E-state index contributed by atoms with van der Waals surface area (Å²) in [5, 5.41) is 2.71. The molecule has 0 aliphatic rings. The number of nitrogen functional groups attached to an aromatic ring is 1. The quantitative estimate of drug-likeness (QED) is 0.697. The molecular weight excluding hydrogens is 184 g/mol. The van der Waals surface area contributed by atoms with Crippen molar-refractivity contribution in [2.24, 2.45) is 0 Å². The summed E-state index contributed by atoms with van der Waals surface area (Å²) in [6, 6.07) is 7.57. The first kappa shape index (κ1) is 8.32. The number of hydrogen-bond donors (Lipinski definition) is 1. The summed E-state index contributed by atoms with van der Waals surface area (Å²) in [5.74, 6) is 0.562. The topological polar surface area (TPSA) is 38.9 Å². The van der Waals surface area contributed by atoms with Crippen LogP contribution in [-0.4, -0.2) is 4.98 Å². The van der Waals surface area contributed by atoms with E-state index < -0.39 is 0 Å². The number of nitrogens with zero attached hydrogens (tertiary/aromatic N) is 1. The molecule has 2 rings (SSSR count). The molecule has 0 saturated carbocycles. The molecule has 1 heterocycles. The second-order valence-corrected chi connectivity index (χ2v) is 3.45. The predicted molar refractivity (Wildman–Crippen MR) is 55.9 cm³/mol. The van der Waals surface area contributed by atoms with Crippen molar-refractivity contribution in [3.63, 3.8) is 0 Å². The Morgan fingerprint density at radius 2 is 2.08 bits per heavy atom. The molecular formula is C10H9ClN2. The van der Waals surface area contributed by atoms with Gasteiger partial charge in [0.2, 0.25) is 0 Å². The number of benzene rings is 1. The number of aryl methyl sites for hydroxylation is 1. The molecule has 0 aliphatic carbocycles. The Labute approximate surface area is 81.3 Å². The van der Waals surface area contributed by atoms with Crippen LogP contribution in [0.2, 0.25) is 5.02 Å². The highest BCUT2D eigenvalue weighted by Crippen LogP contribution is 2.23. The van der Waals surface area contributed by atoms with Gasteiger partial charge in [-0.3, -0.25) is 0 Å². The number of halogens is 1. The molecule has 0 unspecified atom stereocenters. The van der Waals surface area contributed by atoms with Crippen LogP contribution in [0.25, 0.3) is 10.8 Å². The van der Waals surface area contributed by atoms with Crippen molar-refractivity contribution in [2.75, 3.05) is 5.73 Å². The van der Waals surface area contributed by atoms with E-state index >= 15 is 0 Å². The van der Waals surface area contributed by atoms with Crippen LogP contribution < -0.4 is 5.73 Å². The van der Waals surface area contributed by atoms with Gasteiger partial charge >= 0.3 is 0 Å². The molecule has 0 atom stereocenters. The summed E-state index contributed by atoms with van der Waals surface area (Å²) in [4.78, 5) is 4.17. The molecule has 0 amide bonds. The zero-order valence-electron chi connectivity index (χ0n) is 7.21. The molecule has 2 nitrogen and oxygen atoms in total. The molecule has 1 aromatic heterocycles. The zero-order valence-corrected chi connectivity index (χ0v) is 7.97. The highest BCUT2D eigenvalue weighted by molar-refractivity contribution is 6.31.